The summed E-state index contributed by atoms with van der Waals surface area (Å²) in [5.41, 5.74) is 10.0. The fourth-order valence-electron chi connectivity index (χ4n) is 4.77. The summed E-state index contributed by atoms with van der Waals surface area (Å²) in [7, 11) is 0. The molecule has 0 aliphatic heterocycles. The van der Waals surface area contributed by atoms with Crippen LogP contribution in [0.25, 0.3) is 12.2 Å². The molecule has 0 N–H and O–H groups in total. The van der Waals surface area contributed by atoms with E-state index in [4.69, 9.17) is 0 Å². The third-order valence-corrected chi connectivity index (χ3v) is 11.2. The summed E-state index contributed by atoms with van der Waals surface area (Å²) in [5, 5.41) is 0. The van der Waals surface area contributed by atoms with Gasteiger partial charge in [0.1, 0.15) is 0 Å². The molecule has 2 unspecified atom stereocenters. The van der Waals surface area contributed by atoms with Gasteiger partial charge in [-0.25, -0.2) is 0 Å². The van der Waals surface area contributed by atoms with Crippen LogP contribution in [0.2, 0.25) is 0 Å². The Morgan fingerprint density at radius 3 is 1.48 bits per heavy atom. The van der Waals surface area contributed by atoms with Crippen LogP contribution in [0.3, 0.4) is 0 Å². The van der Waals surface area contributed by atoms with Gasteiger partial charge >= 0.3 is 162 Å². The van der Waals surface area contributed by atoms with E-state index in [-0.39, 0.29) is 0 Å². The van der Waals surface area contributed by atoms with E-state index in [1.165, 1.54) is 36.8 Å². The van der Waals surface area contributed by atoms with E-state index >= 15 is 0 Å². The first-order chi connectivity index (χ1) is 12.4. The van der Waals surface area contributed by atoms with Crippen molar-refractivity contribution < 1.29 is 23.2 Å². The van der Waals surface area contributed by atoms with Gasteiger partial charge in [0.15, 0.2) is 0 Å². The third kappa shape index (κ3) is 2.50. The van der Waals surface area contributed by atoms with Crippen LogP contribution in [-0.4, -0.2) is 0 Å². The molecule has 4 aliphatic rings. The molecule has 0 aromatic heterocycles. The van der Waals surface area contributed by atoms with Crippen molar-refractivity contribution in [2.45, 2.75) is 32.9 Å². The molecule has 0 nitrogen and oxygen atoms in total. The number of rotatable bonds is 4. The monoisotopic (exact) mass is 400 g/mol. The Morgan fingerprint density at radius 1 is 0.600 bits per heavy atom. The zero-order valence-electron chi connectivity index (χ0n) is 14.4. The summed E-state index contributed by atoms with van der Waals surface area (Å²) in [6.45, 7) is 0. The molecule has 2 fully saturated rings. The molecule has 0 amide bonds. The van der Waals surface area contributed by atoms with Crippen LogP contribution < -0.4 is 0 Å². The minimum atomic E-state index is -0.641. The van der Waals surface area contributed by atoms with Gasteiger partial charge in [0.25, 0.3) is 0 Å². The predicted octanol–water partition coefficient (Wildman–Crippen LogP) is 6.17. The molecule has 25 heavy (non-hydrogen) atoms. The van der Waals surface area contributed by atoms with Crippen LogP contribution in [0.5, 0.6) is 0 Å². The van der Waals surface area contributed by atoms with Crippen LogP contribution >= 0.6 is 0 Å². The van der Waals surface area contributed by atoms with Gasteiger partial charge in [0, 0.05) is 0 Å². The standard InChI is InChI=1S/2C12H11.Zr/c2*1-2-4-11-8-12(9-5-6-9)7-10(11)3-1;/h2*1-4,7-9H,5-6H2;. The predicted molar refractivity (Wildman–Crippen MR) is 99.8 cm³/mol. The van der Waals surface area contributed by atoms with Crippen molar-refractivity contribution in [2.75, 3.05) is 0 Å². The number of benzene rings is 2. The van der Waals surface area contributed by atoms with Crippen molar-refractivity contribution in [3.05, 3.63) is 81.9 Å². The van der Waals surface area contributed by atoms with E-state index in [1.54, 1.807) is 11.1 Å². The van der Waals surface area contributed by atoms with Gasteiger partial charge in [-0.2, -0.15) is 0 Å². The van der Waals surface area contributed by atoms with Crippen molar-refractivity contribution in [3.63, 3.8) is 0 Å². The van der Waals surface area contributed by atoms with Crippen molar-refractivity contribution in [1.82, 2.24) is 0 Å². The Bertz CT molecular complexity index is 836. The topological polar surface area (TPSA) is 0 Å². The van der Waals surface area contributed by atoms with Gasteiger partial charge in [-0.3, -0.25) is 0 Å². The molecule has 2 aromatic carbocycles. The Kier molecular flexibility index (Phi) is 3.37. The SMILES string of the molecule is C1=C(C2CC2)[CH]([Zr][CH]2C(C3CC3)=Cc3ccccc32)c2ccccc21. The molecule has 0 bridgehead atoms. The number of hydrogen-bond acceptors (Lipinski definition) is 0. The second-order valence-corrected chi connectivity index (χ2v) is 11.8. The molecule has 0 heterocycles. The fraction of sp³-hybridized carbons (Fsp3) is 0.333. The van der Waals surface area contributed by atoms with Crippen LogP contribution in [0.4, 0.5) is 0 Å². The van der Waals surface area contributed by atoms with Gasteiger partial charge in [-0.05, 0) is 0 Å². The normalized spacial score (nSPS) is 26.7. The molecule has 2 saturated carbocycles. The minimum absolute atomic E-state index is 0.641. The van der Waals surface area contributed by atoms with E-state index in [0.29, 0.717) is 0 Å². The van der Waals surface area contributed by atoms with Gasteiger partial charge in [0.05, 0.1) is 0 Å². The summed E-state index contributed by atoms with van der Waals surface area (Å²) in [6.07, 6.45) is 10.9. The van der Waals surface area contributed by atoms with E-state index in [1.807, 2.05) is 11.1 Å². The third-order valence-electron chi connectivity index (χ3n) is 6.36. The van der Waals surface area contributed by atoms with Gasteiger partial charge in [0.2, 0.25) is 0 Å². The molecular formula is C24H22Zr. The van der Waals surface area contributed by atoms with Crippen molar-refractivity contribution in [3.8, 4) is 0 Å². The van der Waals surface area contributed by atoms with Gasteiger partial charge < -0.3 is 0 Å². The summed E-state index contributed by atoms with van der Waals surface area (Å²) in [6, 6.07) is 18.5. The molecule has 2 atom stereocenters. The average molecular weight is 402 g/mol. The first-order valence-corrected chi connectivity index (χ1v) is 12.6. The Morgan fingerprint density at radius 2 is 1.04 bits per heavy atom. The summed E-state index contributed by atoms with van der Waals surface area (Å²) < 4.78 is 1.62. The Balaban J connectivity index is 1.40. The number of hydrogen-bond donors (Lipinski definition) is 0. The fourth-order valence-corrected chi connectivity index (χ4v) is 10.3. The van der Waals surface area contributed by atoms with Crippen molar-refractivity contribution in [2.24, 2.45) is 11.8 Å². The molecule has 6 rings (SSSR count). The molecule has 0 radical (unpaired) electrons. The molecule has 4 aliphatic carbocycles. The van der Waals surface area contributed by atoms with Gasteiger partial charge in [-0.15, -0.1) is 0 Å². The van der Waals surface area contributed by atoms with Crippen molar-refractivity contribution in [1.29, 1.82) is 0 Å². The Hall–Kier alpha value is -1.20. The van der Waals surface area contributed by atoms with E-state index in [2.05, 4.69) is 60.7 Å². The molecular weight excluding hydrogens is 379 g/mol. The summed E-state index contributed by atoms with van der Waals surface area (Å²) >= 11 is -0.641. The first kappa shape index (κ1) is 14.9. The van der Waals surface area contributed by atoms with Crippen molar-refractivity contribution >= 4 is 12.2 Å². The van der Waals surface area contributed by atoms with Crippen LogP contribution in [0, 0.1) is 11.8 Å². The maximum absolute atomic E-state index is 2.57. The average Bonchev–Trinajstić information content (AvgIpc) is 3.57. The molecule has 0 spiro atoms. The molecule has 2 aromatic rings. The Labute approximate surface area is 161 Å². The molecule has 122 valence electrons. The zero-order valence-corrected chi connectivity index (χ0v) is 16.9. The van der Waals surface area contributed by atoms with Gasteiger partial charge in [-0.1, -0.05) is 0 Å². The second-order valence-electron chi connectivity index (χ2n) is 8.13. The number of fused-ring (bicyclic) bond motifs is 2. The maximum atomic E-state index is 2.57. The molecule has 1 heteroatoms. The number of allylic oxidation sites excluding steroid dienone is 2. The zero-order chi connectivity index (χ0) is 16.4. The van der Waals surface area contributed by atoms with Crippen LogP contribution in [0.1, 0.15) is 55.2 Å². The van der Waals surface area contributed by atoms with Crippen LogP contribution in [0.15, 0.2) is 59.7 Å². The first-order valence-electron chi connectivity index (χ1n) is 9.75. The summed E-state index contributed by atoms with van der Waals surface area (Å²) in [4.78, 5) is 0. The van der Waals surface area contributed by atoms with E-state index in [0.717, 1.165) is 19.1 Å². The van der Waals surface area contributed by atoms with E-state index < -0.39 is 23.2 Å². The summed E-state index contributed by atoms with van der Waals surface area (Å²) in [5.74, 6) is 1.81. The molecule has 0 saturated heterocycles. The second kappa shape index (κ2) is 5.65. The van der Waals surface area contributed by atoms with Crippen LogP contribution in [-0.2, 0) is 23.2 Å². The van der Waals surface area contributed by atoms with E-state index in [9.17, 15) is 0 Å². The quantitative estimate of drug-likeness (QED) is 0.575.